The molecule has 0 bridgehead atoms. The first-order valence-corrected chi connectivity index (χ1v) is 8.11. The number of terminal acetylenes is 1. The lowest BCUT2D eigenvalue weighted by Crippen LogP contribution is -2.47. The van der Waals surface area contributed by atoms with E-state index in [1.54, 1.807) is 0 Å². The molecule has 0 saturated heterocycles. The highest BCUT2D eigenvalue weighted by atomic mass is 28.4. The van der Waals surface area contributed by atoms with Crippen molar-refractivity contribution in [1.82, 2.24) is 0 Å². The van der Waals surface area contributed by atoms with Crippen LogP contribution in [0.1, 0.15) is 48.0 Å². The predicted octanol–water partition coefficient (Wildman–Crippen LogP) is 4.20. The standard InChI is InChI=1S/C13H26OSi/c1-8-9-10-14-15(11(2)3,12(4)5)13(6)7/h1,11-13H,9-10H2,2-7H3. The number of hydrogen-bond donors (Lipinski definition) is 0. The van der Waals surface area contributed by atoms with E-state index >= 15 is 0 Å². The van der Waals surface area contributed by atoms with Gasteiger partial charge in [-0.1, -0.05) is 41.5 Å². The Morgan fingerprint density at radius 3 is 1.67 bits per heavy atom. The van der Waals surface area contributed by atoms with Crippen LogP contribution >= 0.6 is 0 Å². The van der Waals surface area contributed by atoms with Crippen molar-refractivity contribution in [1.29, 1.82) is 0 Å². The van der Waals surface area contributed by atoms with Gasteiger partial charge in [0.15, 0.2) is 8.32 Å². The minimum absolute atomic E-state index is 0.648. The molecule has 2 heteroatoms. The third-order valence-corrected chi connectivity index (χ3v) is 9.42. The molecule has 0 aromatic rings. The van der Waals surface area contributed by atoms with Crippen molar-refractivity contribution in [2.45, 2.75) is 64.6 Å². The second-order valence-electron chi connectivity index (χ2n) is 5.12. The van der Waals surface area contributed by atoms with Crippen molar-refractivity contribution in [2.75, 3.05) is 6.61 Å². The molecule has 0 N–H and O–H groups in total. The summed E-state index contributed by atoms with van der Waals surface area (Å²) in [7, 11) is -1.66. The Balaban J connectivity index is 4.74. The Labute approximate surface area is 96.7 Å². The van der Waals surface area contributed by atoms with Gasteiger partial charge < -0.3 is 4.43 Å². The van der Waals surface area contributed by atoms with Gasteiger partial charge >= 0.3 is 0 Å². The van der Waals surface area contributed by atoms with E-state index in [0.29, 0.717) is 16.6 Å². The van der Waals surface area contributed by atoms with Crippen molar-refractivity contribution >= 4 is 8.32 Å². The van der Waals surface area contributed by atoms with E-state index in [9.17, 15) is 0 Å². The Hall–Kier alpha value is -0.263. The molecule has 0 aromatic carbocycles. The Morgan fingerprint density at radius 2 is 1.40 bits per heavy atom. The Bertz CT molecular complexity index is 191. The highest BCUT2D eigenvalue weighted by Crippen LogP contribution is 2.42. The van der Waals surface area contributed by atoms with Crippen molar-refractivity contribution in [3.63, 3.8) is 0 Å². The van der Waals surface area contributed by atoms with E-state index in [2.05, 4.69) is 47.5 Å². The molecule has 0 rings (SSSR count). The second kappa shape index (κ2) is 6.35. The molecule has 88 valence electrons. The monoisotopic (exact) mass is 226 g/mol. The molecule has 15 heavy (non-hydrogen) atoms. The molecule has 0 radical (unpaired) electrons. The molecule has 0 saturated carbocycles. The van der Waals surface area contributed by atoms with Crippen LogP contribution in [-0.4, -0.2) is 14.9 Å². The van der Waals surface area contributed by atoms with Crippen LogP contribution in [0, 0.1) is 12.3 Å². The molecular weight excluding hydrogens is 200 g/mol. The van der Waals surface area contributed by atoms with Gasteiger partial charge in [-0.05, 0) is 16.6 Å². The molecule has 0 fully saturated rings. The van der Waals surface area contributed by atoms with Gasteiger partial charge in [0.25, 0.3) is 0 Å². The summed E-state index contributed by atoms with van der Waals surface area (Å²) >= 11 is 0. The lowest BCUT2D eigenvalue weighted by atomic mass is 10.5. The van der Waals surface area contributed by atoms with Gasteiger partial charge in [-0.3, -0.25) is 0 Å². The summed E-state index contributed by atoms with van der Waals surface area (Å²) in [4.78, 5) is 0. The first-order chi connectivity index (χ1) is 6.89. The fourth-order valence-electron chi connectivity index (χ4n) is 2.79. The van der Waals surface area contributed by atoms with Crippen LogP contribution in [0.15, 0.2) is 0 Å². The predicted molar refractivity (Wildman–Crippen MR) is 70.5 cm³/mol. The highest BCUT2D eigenvalue weighted by Gasteiger charge is 2.44. The smallest absolute Gasteiger partial charge is 0.200 e. The lowest BCUT2D eigenvalue weighted by Gasteiger charge is -2.42. The average molecular weight is 226 g/mol. The van der Waals surface area contributed by atoms with Gasteiger partial charge in [0, 0.05) is 13.0 Å². The van der Waals surface area contributed by atoms with Crippen LogP contribution in [0.4, 0.5) is 0 Å². The molecule has 0 amide bonds. The normalized spacial score (nSPS) is 12.5. The molecule has 0 aliphatic rings. The van der Waals surface area contributed by atoms with E-state index in [1.165, 1.54) is 0 Å². The van der Waals surface area contributed by atoms with E-state index < -0.39 is 8.32 Å². The van der Waals surface area contributed by atoms with E-state index in [0.717, 1.165) is 13.0 Å². The highest BCUT2D eigenvalue weighted by molar-refractivity contribution is 6.77. The first-order valence-electron chi connectivity index (χ1n) is 5.97. The summed E-state index contributed by atoms with van der Waals surface area (Å²) in [6, 6.07) is 0. The third-order valence-electron chi connectivity index (χ3n) is 3.31. The third kappa shape index (κ3) is 3.36. The topological polar surface area (TPSA) is 9.23 Å². The molecule has 0 heterocycles. The van der Waals surface area contributed by atoms with Crippen molar-refractivity contribution in [3.05, 3.63) is 0 Å². The molecule has 0 aliphatic carbocycles. The van der Waals surface area contributed by atoms with Gasteiger partial charge in [-0.15, -0.1) is 12.3 Å². The van der Waals surface area contributed by atoms with Crippen molar-refractivity contribution < 1.29 is 4.43 Å². The Kier molecular flexibility index (Phi) is 6.24. The van der Waals surface area contributed by atoms with E-state index in [4.69, 9.17) is 10.8 Å². The summed E-state index contributed by atoms with van der Waals surface area (Å²) in [5, 5.41) is 0. The fraction of sp³-hybridized carbons (Fsp3) is 0.846. The molecule has 0 spiro atoms. The van der Waals surface area contributed by atoms with Crippen molar-refractivity contribution in [2.24, 2.45) is 0 Å². The van der Waals surface area contributed by atoms with Crippen LogP contribution < -0.4 is 0 Å². The minimum atomic E-state index is -1.66. The maximum atomic E-state index is 6.25. The van der Waals surface area contributed by atoms with E-state index in [-0.39, 0.29) is 0 Å². The molecule has 1 nitrogen and oxygen atoms in total. The Morgan fingerprint density at radius 1 is 1.00 bits per heavy atom. The quantitative estimate of drug-likeness (QED) is 0.375. The van der Waals surface area contributed by atoms with E-state index in [1.807, 2.05) is 0 Å². The summed E-state index contributed by atoms with van der Waals surface area (Å²) < 4.78 is 6.25. The summed E-state index contributed by atoms with van der Waals surface area (Å²) in [5.41, 5.74) is 1.95. The number of rotatable bonds is 6. The van der Waals surface area contributed by atoms with Crippen LogP contribution in [0.3, 0.4) is 0 Å². The SMILES string of the molecule is C#CCCO[Si](C(C)C)(C(C)C)C(C)C. The van der Waals surface area contributed by atoms with Gasteiger partial charge in [0.05, 0.1) is 0 Å². The zero-order valence-corrected chi connectivity index (χ0v) is 12.1. The summed E-state index contributed by atoms with van der Waals surface area (Å²) in [5.74, 6) is 2.65. The summed E-state index contributed by atoms with van der Waals surface area (Å²) in [6.07, 6.45) is 6.01. The molecular formula is C13H26OSi. The maximum absolute atomic E-state index is 6.25. The fourth-order valence-corrected chi connectivity index (χ4v) is 8.24. The van der Waals surface area contributed by atoms with Gasteiger partial charge in [0.2, 0.25) is 0 Å². The molecule has 0 aromatic heterocycles. The van der Waals surface area contributed by atoms with Gasteiger partial charge in [0.1, 0.15) is 0 Å². The molecule has 0 aliphatic heterocycles. The maximum Gasteiger partial charge on any atom is 0.200 e. The zero-order valence-electron chi connectivity index (χ0n) is 11.1. The summed E-state index contributed by atoms with van der Waals surface area (Å²) in [6.45, 7) is 14.5. The van der Waals surface area contributed by atoms with Crippen molar-refractivity contribution in [3.8, 4) is 12.3 Å². The van der Waals surface area contributed by atoms with Gasteiger partial charge in [-0.25, -0.2) is 0 Å². The van der Waals surface area contributed by atoms with Crippen LogP contribution in [0.5, 0.6) is 0 Å². The van der Waals surface area contributed by atoms with Gasteiger partial charge in [-0.2, -0.15) is 0 Å². The first kappa shape index (κ1) is 14.7. The molecule has 0 atom stereocenters. The zero-order chi connectivity index (χ0) is 12.1. The largest absolute Gasteiger partial charge is 0.415 e. The van der Waals surface area contributed by atoms with Crippen LogP contribution in [-0.2, 0) is 4.43 Å². The molecule has 0 unspecified atom stereocenters. The average Bonchev–Trinajstić information content (AvgIpc) is 2.10. The second-order valence-corrected chi connectivity index (χ2v) is 10.6. The van der Waals surface area contributed by atoms with Crippen LogP contribution in [0.2, 0.25) is 16.6 Å². The minimum Gasteiger partial charge on any atom is -0.415 e. The lowest BCUT2D eigenvalue weighted by molar-refractivity contribution is 0.286. The number of hydrogen-bond acceptors (Lipinski definition) is 1. The van der Waals surface area contributed by atoms with Crippen LogP contribution in [0.25, 0.3) is 0 Å².